The molecule has 1 amide bonds. The van der Waals surface area contributed by atoms with Crippen molar-refractivity contribution in [1.29, 1.82) is 5.26 Å². The van der Waals surface area contributed by atoms with Crippen LogP contribution >= 0.6 is 0 Å². The normalized spacial score (nSPS) is 18.0. The van der Waals surface area contributed by atoms with E-state index in [1.807, 2.05) is 12.1 Å². The number of carbonyl (C=O) groups excluding carboxylic acids is 1. The van der Waals surface area contributed by atoms with Gasteiger partial charge in [0.1, 0.15) is 11.6 Å². The van der Waals surface area contributed by atoms with E-state index in [4.69, 9.17) is 14.2 Å². The number of amides is 1. The maximum atomic E-state index is 12.4. The maximum absolute atomic E-state index is 12.4. The molecule has 1 fully saturated rings. The average Bonchev–Trinajstić information content (AvgIpc) is 2.84. The molecule has 0 radical (unpaired) electrons. The first kappa shape index (κ1) is 15.4. The number of ether oxygens (including phenoxy) is 3. The van der Waals surface area contributed by atoms with Gasteiger partial charge < -0.3 is 19.1 Å². The third-order valence-electron chi connectivity index (χ3n) is 3.73. The van der Waals surface area contributed by atoms with Crippen LogP contribution in [0.25, 0.3) is 6.08 Å². The van der Waals surface area contributed by atoms with Gasteiger partial charge in [-0.25, -0.2) is 0 Å². The third-order valence-corrected chi connectivity index (χ3v) is 3.73. The van der Waals surface area contributed by atoms with E-state index in [1.54, 1.807) is 23.1 Å². The minimum Gasteiger partial charge on any atom is -0.490 e. The molecule has 3 rings (SSSR count). The van der Waals surface area contributed by atoms with Crippen LogP contribution in [0.4, 0.5) is 0 Å². The molecule has 0 N–H and O–H groups in total. The van der Waals surface area contributed by atoms with Crippen molar-refractivity contribution in [3.8, 4) is 17.6 Å². The Hall–Kier alpha value is -2.52. The summed E-state index contributed by atoms with van der Waals surface area (Å²) in [6.07, 6.45) is 2.42. The highest BCUT2D eigenvalue weighted by atomic mass is 16.5. The third kappa shape index (κ3) is 3.63. The molecule has 120 valence electrons. The lowest BCUT2D eigenvalue weighted by Gasteiger charge is -2.26. The molecule has 0 bridgehead atoms. The number of hydrogen-bond donors (Lipinski definition) is 0. The number of carbonyl (C=O) groups is 1. The fraction of sp³-hybridized carbons (Fsp3) is 0.412. The molecule has 0 saturated carbocycles. The molecular formula is C17H18N2O4. The lowest BCUT2D eigenvalue weighted by Crippen LogP contribution is -2.41. The summed E-state index contributed by atoms with van der Waals surface area (Å²) >= 11 is 0. The van der Waals surface area contributed by atoms with E-state index in [2.05, 4.69) is 0 Å². The molecule has 0 unspecified atom stereocenters. The molecule has 2 aliphatic heterocycles. The molecule has 2 aliphatic rings. The summed E-state index contributed by atoms with van der Waals surface area (Å²) in [6, 6.07) is 7.42. The second-order valence-electron chi connectivity index (χ2n) is 5.33. The molecule has 6 nitrogen and oxygen atoms in total. The molecule has 0 spiro atoms. The number of benzene rings is 1. The Bertz CT molecular complexity index is 657. The number of nitriles is 1. The predicted octanol–water partition coefficient (Wildman–Crippen LogP) is 1.61. The van der Waals surface area contributed by atoms with Gasteiger partial charge in [0.15, 0.2) is 11.5 Å². The Balaban J connectivity index is 1.82. The largest absolute Gasteiger partial charge is 0.490 e. The quantitative estimate of drug-likeness (QED) is 0.612. The zero-order valence-corrected chi connectivity index (χ0v) is 12.8. The van der Waals surface area contributed by atoms with Crippen LogP contribution in [0, 0.1) is 11.3 Å². The van der Waals surface area contributed by atoms with Crippen LogP contribution in [0.3, 0.4) is 0 Å². The highest BCUT2D eigenvalue weighted by Crippen LogP contribution is 2.31. The summed E-state index contributed by atoms with van der Waals surface area (Å²) in [4.78, 5) is 14.0. The Kier molecular flexibility index (Phi) is 4.79. The van der Waals surface area contributed by atoms with Crippen molar-refractivity contribution in [1.82, 2.24) is 4.90 Å². The fourth-order valence-electron chi connectivity index (χ4n) is 2.51. The Morgan fingerprint density at radius 3 is 2.61 bits per heavy atom. The van der Waals surface area contributed by atoms with Gasteiger partial charge in [0.25, 0.3) is 5.91 Å². The van der Waals surface area contributed by atoms with E-state index in [0.717, 1.165) is 12.0 Å². The van der Waals surface area contributed by atoms with Crippen molar-refractivity contribution in [2.75, 3.05) is 39.5 Å². The number of rotatable bonds is 2. The summed E-state index contributed by atoms with van der Waals surface area (Å²) in [6.45, 7) is 3.26. The maximum Gasteiger partial charge on any atom is 0.264 e. The molecule has 1 saturated heterocycles. The van der Waals surface area contributed by atoms with Crippen LogP contribution in [0.1, 0.15) is 12.0 Å². The first-order valence-electron chi connectivity index (χ1n) is 7.66. The van der Waals surface area contributed by atoms with Gasteiger partial charge in [0.2, 0.25) is 0 Å². The first-order valence-corrected chi connectivity index (χ1v) is 7.66. The van der Waals surface area contributed by atoms with Crippen molar-refractivity contribution in [3.63, 3.8) is 0 Å². The molecule has 2 heterocycles. The molecule has 23 heavy (non-hydrogen) atoms. The number of morpholine rings is 1. The monoisotopic (exact) mass is 314 g/mol. The van der Waals surface area contributed by atoms with Crippen LogP contribution in [0.2, 0.25) is 0 Å². The van der Waals surface area contributed by atoms with Crippen LogP contribution in [0.5, 0.6) is 11.5 Å². The van der Waals surface area contributed by atoms with Gasteiger partial charge in [-0.1, -0.05) is 6.07 Å². The van der Waals surface area contributed by atoms with Crippen molar-refractivity contribution < 1.29 is 19.0 Å². The van der Waals surface area contributed by atoms with E-state index < -0.39 is 0 Å². The number of fused-ring (bicyclic) bond motifs is 1. The van der Waals surface area contributed by atoms with Gasteiger partial charge in [-0.05, 0) is 23.8 Å². The smallest absolute Gasteiger partial charge is 0.264 e. The molecule has 0 aromatic heterocycles. The standard InChI is InChI=1S/C17H18N2O4/c18-12-14(17(20)19-4-8-21-9-5-19)10-13-2-3-15-16(11-13)23-7-1-6-22-15/h2-3,10-11H,1,4-9H2/b14-10+. The van der Waals surface area contributed by atoms with Crippen molar-refractivity contribution in [2.45, 2.75) is 6.42 Å². The molecule has 0 aliphatic carbocycles. The van der Waals surface area contributed by atoms with Gasteiger partial charge in [-0.2, -0.15) is 5.26 Å². The average molecular weight is 314 g/mol. The summed E-state index contributed by atoms with van der Waals surface area (Å²) < 4.78 is 16.4. The van der Waals surface area contributed by atoms with E-state index >= 15 is 0 Å². The fourth-order valence-corrected chi connectivity index (χ4v) is 2.51. The van der Waals surface area contributed by atoms with Crippen molar-refractivity contribution >= 4 is 12.0 Å². The second-order valence-corrected chi connectivity index (χ2v) is 5.33. The van der Waals surface area contributed by atoms with E-state index in [1.165, 1.54) is 0 Å². The molecule has 6 heteroatoms. The zero-order valence-electron chi connectivity index (χ0n) is 12.8. The lowest BCUT2D eigenvalue weighted by molar-refractivity contribution is -0.130. The van der Waals surface area contributed by atoms with Gasteiger partial charge >= 0.3 is 0 Å². The SMILES string of the molecule is N#C/C(=C\c1ccc2c(c1)OCCCO2)C(=O)N1CCOCC1. The highest BCUT2D eigenvalue weighted by Gasteiger charge is 2.20. The molecule has 0 atom stereocenters. The second kappa shape index (κ2) is 7.16. The minimum atomic E-state index is -0.261. The zero-order chi connectivity index (χ0) is 16.1. The topological polar surface area (TPSA) is 71.8 Å². The molecule has 1 aromatic carbocycles. The Morgan fingerprint density at radius 2 is 1.87 bits per heavy atom. The van der Waals surface area contributed by atoms with Gasteiger partial charge in [0, 0.05) is 19.5 Å². The van der Waals surface area contributed by atoms with E-state index in [-0.39, 0.29) is 11.5 Å². The molecule has 1 aromatic rings. The van der Waals surface area contributed by atoms with Crippen molar-refractivity contribution in [2.24, 2.45) is 0 Å². The number of nitrogens with zero attached hydrogens (tertiary/aromatic N) is 2. The van der Waals surface area contributed by atoms with Crippen molar-refractivity contribution in [3.05, 3.63) is 29.3 Å². The summed E-state index contributed by atoms with van der Waals surface area (Å²) in [5.41, 5.74) is 0.855. The van der Waals surface area contributed by atoms with Gasteiger partial charge in [0.05, 0.1) is 26.4 Å². The van der Waals surface area contributed by atoms with Crippen LogP contribution in [-0.4, -0.2) is 50.3 Å². The van der Waals surface area contributed by atoms with Gasteiger partial charge in [-0.15, -0.1) is 0 Å². The van der Waals surface area contributed by atoms with E-state index in [9.17, 15) is 10.1 Å². The highest BCUT2D eigenvalue weighted by molar-refractivity contribution is 6.01. The predicted molar refractivity (Wildman–Crippen MR) is 83.0 cm³/mol. The van der Waals surface area contributed by atoms with E-state index in [0.29, 0.717) is 51.0 Å². The van der Waals surface area contributed by atoms with Gasteiger partial charge in [-0.3, -0.25) is 4.79 Å². The summed E-state index contributed by atoms with van der Waals surface area (Å²) in [5, 5.41) is 9.32. The Labute approximate surface area is 134 Å². The first-order chi connectivity index (χ1) is 11.3. The van der Waals surface area contributed by atoms with Crippen LogP contribution in [-0.2, 0) is 9.53 Å². The lowest BCUT2D eigenvalue weighted by atomic mass is 10.1. The van der Waals surface area contributed by atoms with Crippen LogP contribution in [0.15, 0.2) is 23.8 Å². The van der Waals surface area contributed by atoms with Crippen LogP contribution < -0.4 is 9.47 Å². The minimum absolute atomic E-state index is 0.112. The number of hydrogen-bond acceptors (Lipinski definition) is 5. The summed E-state index contributed by atoms with van der Waals surface area (Å²) in [5.74, 6) is 1.08. The Morgan fingerprint density at radius 1 is 1.13 bits per heavy atom. The molecular weight excluding hydrogens is 296 g/mol. The summed E-state index contributed by atoms with van der Waals surface area (Å²) in [7, 11) is 0.